The van der Waals surface area contributed by atoms with Crippen molar-refractivity contribution in [1.82, 2.24) is 20.3 Å². The van der Waals surface area contributed by atoms with Crippen molar-refractivity contribution in [1.29, 1.82) is 0 Å². The van der Waals surface area contributed by atoms with Crippen molar-refractivity contribution >= 4 is 22.7 Å². The summed E-state index contributed by atoms with van der Waals surface area (Å²) in [4.78, 5) is 36.7. The molecule has 10 heteroatoms. The number of fused-ring (bicyclic) bond motifs is 1. The Morgan fingerprint density at radius 2 is 1.85 bits per heavy atom. The van der Waals surface area contributed by atoms with Gasteiger partial charge in [0.15, 0.2) is 0 Å². The van der Waals surface area contributed by atoms with Gasteiger partial charge in [0.25, 0.3) is 0 Å². The van der Waals surface area contributed by atoms with Crippen molar-refractivity contribution in [2.24, 2.45) is 5.73 Å². The molecule has 2 aromatic heterocycles. The third-order valence-corrected chi connectivity index (χ3v) is 6.33. The zero-order valence-electron chi connectivity index (χ0n) is 20.5. The molecule has 2 amide bonds. The quantitative estimate of drug-likeness (QED) is 0.238. The Labute approximate surface area is 221 Å². The number of nitrogens with two attached hydrogens (primary N) is 1. The standard InChI is InChI=1S/C29H23F2N5O3/c30-20-6-16(7-21(31)11-20)8-26(36-27(38)10-19-13-34-25-5-4-22(37)12-23(19)25)28-24(14-33-15-35-28)17-2-1-3-18(9-17)29(32)39/h1-7,9,11-15,26,34,37H,8,10H2,(H2,32,39)(H,36,38)/t26-/m1/s1. The number of halogens is 2. The van der Waals surface area contributed by atoms with E-state index in [0.29, 0.717) is 33.3 Å². The van der Waals surface area contributed by atoms with Gasteiger partial charge in [-0.25, -0.2) is 18.7 Å². The lowest BCUT2D eigenvalue weighted by molar-refractivity contribution is -0.121. The Morgan fingerprint density at radius 1 is 1.05 bits per heavy atom. The highest BCUT2D eigenvalue weighted by Crippen LogP contribution is 2.30. The van der Waals surface area contributed by atoms with Crippen LogP contribution in [0.5, 0.6) is 5.75 Å². The van der Waals surface area contributed by atoms with Gasteiger partial charge in [-0.1, -0.05) is 12.1 Å². The molecule has 0 radical (unpaired) electrons. The first-order chi connectivity index (χ1) is 18.8. The van der Waals surface area contributed by atoms with Crippen molar-refractivity contribution in [2.75, 3.05) is 0 Å². The number of aromatic nitrogens is 3. The van der Waals surface area contributed by atoms with Gasteiger partial charge in [-0.15, -0.1) is 0 Å². The summed E-state index contributed by atoms with van der Waals surface area (Å²) in [5, 5.41) is 13.5. The number of nitrogens with one attached hydrogen (secondary N) is 2. The van der Waals surface area contributed by atoms with Crippen LogP contribution in [0.4, 0.5) is 8.78 Å². The van der Waals surface area contributed by atoms with E-state index in [4.69, 9.17) is 5.73 Å². The molecule has 2 heterocycles. The van der Waals surface area contributed by atoms with Crippen molar-refractivity contribution < 1.29 is 23.5 Å². The van der Waals surface area contributed by atoms with Gasteiger partial charge in [-0.05, 0) is 65.6 Å². The van der Waals surface area contributed by atoms with Gasteiger partial charge in [0.1, 0.15) is 23.7 Å². The molecule has 0 saturated carbocycles. The Balaban J connectivity index is 1.52. The first-order valence-electron chi connectivity index (χ1n) is 12.0. The molecule has 5 rings (SSSR count). The smallest absolute Gasteiger partial charge is 0.248 e. The summed E-state index contributed by atoms with van der Waals surface area (Å²) >= 11 is 0. The first kappa shape index (κ1) is 25.5. The summed E-state index contributed by atoms with van der Waals surface area (Å²) in [6.45, 7) is 0. The number of aromatic hydroxyl groups is 1. The largest absolute Gasteiger partial charge is 0.508 e. The van der Waals surface area contributed by atoms with Crippen molar-refractivity contribution in [2.45, 2.75) is 18.9 Å². The number of rotatable bonds is 8. The van der Waals surface area contributed by atoms with E-state index < -0.39 is 23.6 Å². The van der Waals surface area contributed by atoms with Crippen LogP contribution in [-0.4, -0.2) is 31.9 Å². The molecular formula is C29H23F2N5O3. The monoisotopic (exact) mass is 527 g/mol. The molecule has 0 aliphatic carbocycles. The second-order valence-electron chi connectivity index (χ2n) is 9.09. The third kappa shape index (κ3) is 5.74. The number of nitrogens with zero attached hydrogens (tertiary/aromatic N) is 2. The molecule has 8 nitrogen and oxygen atoms in total. The van der Waals surface area contributed by atoms with Gasteiger partial charge in [-0.2, -0.15) is 0 Å². The highest BCUT2D eigenvalue weighted by atomic mass is 19.1. The minimum Gasteiger partial charge on any atom is -0.508 e. The summed E-state index contributed by atoms with van der Waals surface area (Å²) in [5.74, 6) is -2.41. The predicted octanol–water partition coefficient (Wildman–Crippen LogP) is 4.35. The van der Waals surface area contributed by atoms with Gasteiger partial charge < -0.3 is 21.1 Å². The van der Waals surface area contributed by atoms with Crippen molar-refractivity contribution in [3.63, 3.8) is 0 Å². The molecule has 0 saturated heterocycles. The number of primary amides is 1. The Hall–Kier alpha value is -5.12. The zero-order valence-corrected chi connectivity index (χ0v) is 20.5. The molecule has 0 fully saturated rings. The van der Waals surface area contributed by atoms with Crippen LogP contribution in [0.15, 0.2) is 79.4 Å². The predicted molar refractivity (Wildman–Crippen MR) is 141 cm³/mol. The summed E-state index contributed by atoms with van der Waals surface area (Å²) in [5.41, 5.74) is 8.94. The normalized spacial score (nSPS) is 11.8. The SMILES string of the molecule is NC(=O)c1cccc(-c2cncnc2[C@@H](Cc2cc(F)cc(F)c2)NC(=O)Cc2c[nH]c3ccc(O)cc23)c1. The molecule has 196 valence electrons. The number of benzene rings is 3. The molecule has 39 heavy (non-hydrogen) atoms. The lowest BCUT2D eigenvalue weighted by Gasteiger charge is -2.21. The van der Waals surface area contributed by atoms with E-state index in [2.05, 4.69) is 20.3 Å². The molecule has 1 atom stereocenters. The van der Waals surface area contributed by atoms with E-state index in [0.717, 1.165) is 11.6 Å². The van der Waals surface area contributed by atoms with Crippen LogP contribution in [-0.2, 0) is 17.6 Å². The number of H-pyrrole nitrogens is 1. The lowest BCUT2D eigenvalue weighted by atomic mass is 9.95. The van der Waals surface area contributed by atoms with E-state index in [1.807, 2.05) is 0 Å². The Morgan fingerprint density at radius 3 is 2.62 bits per heavy atom. The number of carbonyl (C=O) groups is 2. The fraction of sp³-hybridized carbons (Fsp3) is 0.103. The molecule has 5 aromatic rings. The number of hydrogen-bond acceptors (Lipinski definition) is 5. The minimum atomic E-state index is -0.812. The van der Waals surface area contributed by atoms with Crippen molar-refractivity contribution in [3.8, 4) is 16.9 Å². The minimum absolute atomic E-state index is 0.0224. The van der Waals surface area contributed by atoms with Crippen LogP contribution in [0.2, 0.25) is 0 Å². The van der Waals surface area contributed by atoms with Gasteiger partial charge in [0.2, 0.25) is 11.8 Å². The summed E-state index contributed by atoms with van der Waals surface area (Å²) in [6, 6.07) is 13.7. The molecule has 0 bridgehead atoms. The van der Waals surface area contributed by atoms with Crippen LogP contribution in [0.3, 0.4) is 0 Å². The molecule has 3 aromatic carbocycles. The fourth-order valence-corrected chi connectivity index (χ4v) is 4.59. The van der Waals surface area contributed by atoms with Gasteiger partial charge in [0.05, 0.1) is 18.2 Å². The number of phenols is 1. The van der Waals surface area contributed by atoms with Crippen molar-refractivity contribution in [3.05, 3.63) is 113 Å². The summed E-state index contributed by atoms with van der Waals surface area (Å²) in [6.07, 6.45) is 4.52. The van der Waals surface area contributed by atoms with Crippen LogP contribution >= 0.6 is 0 Å². The van der Waals surface area contributed by atoms with E-state index >= 15 is 0 Å². The molecule has 0 aliphatic heterocycles. The van der Waals surface area contributed by atoms with Crippen LogP contribution in [0, 0.1) is 11.6 Å². The first-order valence-corrected chi connectivity index (χ1v) is 12.0. The number of aromatic amines is 1. The van der Waals surface area contributed by atoms with E-state index in [9.17, 15) is 23.5 Å². The summed E-state index contributed by atoms with van der Waals surface area (Å²) in [7, 11) is 0. The van der Waals surface area contributed by atoms with Gasteiger partial charge >= 0.3 is 0 Å². The maximum absolute atomic E-state index is 14.0. The van der Waals surface area contributed by atoms with Crippen LogP contribution < -0.4 is 11.1 Å². The average Bonchev–Trinajstić information content (AvgIpc) is 3.29. The number of hydrogen-bond donors (Lipinski definition) is 4. The molecule has 0 unspecified atom stereocenters. The van der Waals surface area contributed by atoms with Gasteiger partial charge in [0, 0.05) is 40.5 Å². The third-order valence-electron chi connectivity index (χ3n) is 6.33. The number of amides is 2. The zero-order chi connectivity index (χ0) is 27.5. The lowest BCUT2D eigenvalue weighted by Crippen LogP contribution is -2.32. The second-order valence-corrected chi connectivity index (χ2v) is 9.09. The number of carbonyl (C=O) groups excluding carboxylic acids is 2. The molecular weight excluding hydrogens is 504 g/mol. The second kappa shape index (κ2) is 10.7. The maximum Gasteiger partial charge on any atom is 0.248 e. The molecule has 0 aliphatic rings. The average molecular weight is 528 g/mol. The van der Waals surface area contributed by atoms with E-state index in [1.54, 1.807) is 48.7 Å². The Kier molecular flexibility index (Phi) is 7.00. The highest BCUT2D eigenvalue weighted by molar-refractivity contribution is 5.94. The Bertz CT molecular complexity index is 1680. The topological polar surface area (TPSA) is 134 Å². The fourth-order valence-electron chi connectivity index (χ4n) is 4.59. The maximum atomic E-state index is 14.0. The number of phenolic OH excluding ortho intramolecular Hbond substituents is 1. The molecule has 0 spiro atoms. The van der Waals surface area contributed by atoms with Gasteiger partial charge in [-0.3, -0.25) is 9.59 Å². The van der Waals surface area contributed by atoms with E-state index in [1.165, 1.54) is 24.7 Å². The van der Waals surface area contributed by atoms with E-state index in [-0.39, 0.29) is 30.1 Å². The highest BCUT2D eigenvalue weighted by Gasteiger charge is 2.23. The summed E-state index contributed by atoms with van der Waals surface area (Å²) < 4.78 is 28.0. The van der Waals surface area contributed by atoms with Crippen LogP contribution in [0.25, 0.3) is 22.0 Å². The van der Waals surface area contributed by atoms with Crippen LogP contribution in [0.1, 0.15) is 33.2 Å². The molecule has 5 N–H and O–H groups in total.